The van der Waals surface area contributed by atoms with Gasteiger partial charge in [-0.2, -0.15) is 5.10 Å². The van der Waals surface area contributed by atoms with E-state index in [9.17, 15) is 4.79 Å². The Hall–Kier alpha value is -5.06. The first-order chi connectivity index (χ1) is 19.4. The summed E-state index contributed by atoms with van der Waals surface area (Å²) in [4.78, 5) is 26.8. The van der Waals surface area contributed by atoms with Crippen molar-refractivity contribution in [2.75, 3.05) is 18.4 Å². The number of hydrogen-bond acceptors (Lipinski definition) is 8. The number of halogens is 1. The van der Waals surface area contributed by atoms with Crippen molar-refractivity contribution in [1.29, 1.82) is 0 Å². The number of ether oxygens (including phenoxy) is 2. The van der Waals surface area contributed by atoms with E-state index < -0.39 is 5.82 Å². The van der Waals surface area contributed by atoms with E-state index in [2.05, 4.69) is 31.9 Å². The highest BCUT2D eigenvalue weighted by atomic mass is 19.1. The summed E-state index contributed by atoms with van der Waals surface area (Å²) in [6.45, 7) is 4.74. The summed E-state index contributed by atoms with van der Waals surface area (Å²) >= 11 is 0. The molecule has 1 saturated heterocycles. The van der Waals surface area contributed by atoms with Crippen LogP contribution in [0.25, 0.3) is 21.9 Å². The zero-order chi connectivity index (χ0) is 27.6. The van der Waals surface area contributed by atoms with Gasteiger partial charge in [0.15, 0.2) is 17.4 Å². The largest absolute Gasteiger partial charge is 0.474 e. The quantitative estimate of drug-likeness (QED) is 0.283. The fourth-order valence-electron chi connectivity index (χ4n) is 4.68. The average Bonchev–Trinajstić information content (AvgIpc) is 3.34. The highest BCUT2D eigenvalue weighted by Crippen LogP contribution is 2.31. The smallest absolute Gasteiger partial charge is 0.245 e. The zero-order valence-electron chi connectivity index (χ0n) is 21.7. The summed E-state index contributed by atoms with van der Waals surface area (Å²) in [5, 5.41) is 8.47. The fraction of sp³-hybridized carbons (Fsp3) is 0.207. The Morgan fingerprint density at radius 3 is 2.75 bits per heavy atom. The van der Waals surface area contributed by atoms with E-state index in [1.54, 1.807) is 46.0 Å². The molecule has 0 radical (unpaired) electrons. The van der Waals surface area contributed by atoms with Crippen molar-refractivity contribution in [1.82, 2.24) is 29.6 Å². The molecule has 0 bridgehead atoms. The van der Waals surface area contributed by atoms with Gasteiger partial charge in [-0.15, -0.1) is 0 Å². The third kappa shape index (κ3) is 5.26. The monoisotopic (exact) mass is 539 g/mol. The van der Waals surface area contributed by atoms with Crippen LogP contribution in [0.3, 0.4) is 0 Å². The van der Waals surface area contributed by atoms with E-state index in [1.165, 1.54) is 18.5 Å². The molecule has 202 valence electrons. The van der Waals surface area contributed by atoms with Crippen LogP contribution in [0.5, 0.6) is 17.4 Å². The fourth-order valence-corrected chi connectivity index (χ4v) is 4.68. The van der Waals surface area contributed by atoms with Crippen LogP contribution in [0, 0.1) is 5.82 Å². The number of fused-ring (bicyclic) bond motifs is 2. The number of nitrogens with zero attached hydrogens (tertiary/aromatic N) is 6. The van der Waals surface area contributed by atoms with Crippen LogP contribution in [-0.2, 0) is 11.8 Å². The summed E-state index contributed by atoms with van der Waals surface area (Å²) in [6, 6.07) is 13.6. The summed E-state index contributed by atoms with van der Waals surface area (Å²) in [7, 11) is 1.84. The van der Waals surface area contributed by atoms with Crippen molar-refractivity contribution >= 4 is 39.3 Å². The number of pyridine rings is 1. The summed E-state index contributed by atoms with van der Waals surface area (Å²) in [5.41, 5.74) is 2.33. The minimum absolute atomic E-state index is 0.0696. The van der Waals surface area contributed by atoms with Crippen LogP contribution in [0.1, 0.15) is 12.8 Å². The van der Waals surface area contributed by atoms with Gasteiger partial charge < -0.3 is 19.7 Å². The average molecular weight is 540 g/mol. The lowest BCUT2D eigenvalue weighted by atomic mass is 10.1. The second-order valence-corrected chi connectivity index (χ2v) is 9.48. The zero-order valence-corrected chi connectivity index (χ0v) is 21.7. The Morgan fingerprint density at radius 2 is 1.95 bits per heavy atom. The SMILES string of the molecule is C=CC(=O)N1CCC(Oc2ccc3ncnc(Nc4ccc(Oc5ccc6cn(C)nc6c5)c(F)c4)c3n2)CC1. The van der Waals surface area contributed by atoms with Crippen LogP contribution in [-0.4, -0.2) is 54.7 Å². The number of likely N-dealkylation sites (tertiary alicyclic amines) is 1. The van der Waals surface area contributed by atoms with Gasteiger partial charge in [0.1, 0.15) is 23.7 Å². The highest BCUT2D eigenvalue weighted by Gasteiger charge is 2.23. The van der Waals surface area contributed by atoms with Gasteiger partial charge >= 0.3 is 0 Å². The van der Waals surface area contributed by atoms with E-state index >= 15 is 4.39 Å². The van der Waals surface area contributed by atoms with E-state index in [0.29, 0.717) is 60.1 Å². The minimum atomic E-state index is -0.539. The molecule has 0 spiro atoms. The number of aryl methyl sites for hydroxylation is 1. The molecule has 0 aliphatic carbocycles. The molecule has 40 heavy (non-hydrogen) atoms. The third-order valence-corrected chi connectivity index (χ3v) is 6.69. The first-order valence-corrected chi connectivity index (χ1v) is 12.8. The molecule has 4 heterocycles. The van der Waals surface area contributed by atoms with Crippen molar-refractivity contribution in [2.45, 2.75) is 18.9 Å². The van der Waals surface area contributed by atoms with Gasteiger partial charge in [0, 0.05) is 68.4 Å². The van der Waals surface area contributed by atoms with Gasteiger partial charge in [0.2, 0.25) is 11.8 Å². The predicted molar refractivity (Wildman–Crippen MR) is 148 cm³/mol. The maximum absolute atomic E-state index is 15.0. The Balaban J connectivity index is 1.17. The number of anilines is 2. The topological polar surface area (TPSA) is 107 Å². The lowest BCUT2D eigenvalue weighted by Gasteiger charge is -2.31. The molecular formula is C29H26FN7O3. The van der Waals surface area contributed by atoms with Gasteiger partial charge in [-0.3, -0.25) is 9.48 Å². The maximum Gasteiger partial charge on any atom is 0.245 e. The van der Waals surface area contributed by atoms with Gasteiger partial charge in [-0.05, 0) is 36.4 Å². The van der Waals surface area contributed by atoms with Crippen LogP contribution in [0.2, 0.25) is 0 Å². The molecule has 3 aromatic heterocycles. The number of carbonyl (C=O) groups excluding carboxylic acids is 1. The van der Waals surface area contributed by atoms with Crippen molar-refractivity contribution in [3.63, 3.8) is 0 Å². The number of amides is 1. The molecule has 11 heteroatoms. The number of carbonyl (C=O) groups is 1. The number of aromatic nitrogens is 5. The lowest BCUT2D eigenvalue weighted by Crippen LogP contribution is -2.41. The highest BCUT2D eigenvalue weighted by molar-refractivity contribution is 5.88. The molecule has 2 aromatic carbocycles. The van der Waals surface area contributed by atoms with Crippen molar-refractivity contribution in [2.24, 2.45) is 7.05 Å². The first-order valence-electron chi connectivity index (χ1n) is 12.8. The van der Waals surface area contributed by atoms with E-state index in [-0.39, 0.29) is 17.8 Å². The third-order valence-electron chi connectivity index (χ3n) is 6.69. The molecule has 10 nitrogen and oxygen atoms in total. The van der Waals surface area contributed by atoms with Crippen molar-refractivity contribution in [3.05, 3.63) is 79.5 Å². The summed E-state index contributed by atoms with van der Waals surface area (Å²) in [6.07, 6.45) is 5.96. The number of piperidine rings is 1. The van der Waals surface area contributed by atoms with Crippen LogP contribution in [0.15, 0.2) is 73.7 Å². The Kier molecular flexibility index (Phi) is 6.69. The molecule has 5 aromatic rings. The second kappa shape index (κ2) is 10.6. The van der Waals surface area contributed by atoms with Crippen molar-refractivity contribution < 1.29 is 18.7 Å². The molecule has 0 saturated carbocycles. The van der Waals surface area contributed by atoms with Crippen molar-refractivity contribution in [3.8, 4) is 17.4 Å². The number of hydrogen-bond donors (Lipinski definition) is 1. The Bertz CT molecular complexity index is 1730. The Labute approximate surface area is 229 Å². The van der Waals surface area contributed by atoms with E-state index in [0.717, 1.165) is 10.9 Å². The molecular weight excluding hydrogens is 513 g/mol. The van der Waals surface area contributed by atoms with Gasteiger partial charge in [0.05, 0.1) is 11.0 Å². The van der Waals surface area contributed by atoms with Gasteiger partial charge in [-0.25, -0.2) is 19.3 Å². The summed E-state index contributed by atoms with van der Waals surface area (Å²) in [5.74, 6) is 0.805. The molecule has 1 N–H and O–H groups in total. The normalized spacial score (nSPS) is 13.9. The van der Waals surface area contributed by atoms with Crippen LogP contribution >= 0.6 is 0 Å². The number of rotatable bonds is 7. The minimum Gasteiger partial charge on any atom is -0.474 e. The lowest BCUT2D eigenvalue weighted by molar-refractivity contribution is -0.127. The first kappa shape index (κ1) is 25.2. The summed E-state index contributed by atoms with van der Waals surface area (Å²) < 4.78 is 28.6. The molecule has 1 amide bonds. The Morgan fingerprint density at radius 1 is 1.10 bits per heavy atom. The van der Waals surface area contributed by atoms with Gasteiger partial charge in [-0.1, -0.05) is 6.58 Å². The van der Waals surface area contributed by atoms with E-state index in [4.69, 9.17) is 9.47 Å². The van der Waals surface area contributed by atoms with E-state index in [1.807, 2.05) is 19.3 Å². The molecule has 1 fully saturated rings. The number of nitrogens with one attached hydrogen (secondary N) is 1. The maximum atomic E-state index is 15.0. The standard InChI is InChI=1S/C29H26FN7O3/c1-3-27(38)37-12-10-20(11-13-37)40-26-9-7-23-28(34-26)29(32-17-31-23)33-19-5-8-25(22(30)14-19)39-21-6-4-18-16-36(2)35-24(18)15-21/h3-9,14-17,20H,1,10-13H2,2H3,(H,31,32,33). The van der Waals surface area contributed by atoms with Crippen LogP contribution in [0.4, 0.5) is 15.9 Å². The molecule has 1 aliphatic rings. The second-order valence-electron chi connectivity index (χ2n) is 9.48. The molecule has 1 aliphatic heterocycles. The number of benzene rings is 2. The van der Waals surface area contributed by atoms with Crippen LogP contribution < -0.4 is 14.8 Å². The molecule has 0 atom stereocenters. The van der Waals surface area contributed by atoms with Gasteiger partial charge in [0.25, 0.3) is 0 Å². The molecule has 0 unspecified atom stereocenters. The molecule has 6 rings (SSSR count). The predicted octanol–water partition coefficient (Wildman–Crippen LogP) is 5.14.